The molecular formula is C22H20Cl2F3N3O2. The van der Waals surface area contributed by atoms with Gasteiger partial charge < -0.3 is 10.0 Å². The molecule has 170 valence electrons. The van der Waals surface area contributed by atoms with Gasteiger partial charge in [0.15, 0.2) is 0 Å². The number of aromatic nitrogens is 2. The minimum absolute atomic E-state index is 0.00397. The Morgan fingerprint density at radius 1 is 1.25 bits per heavy atom. The fraction of sp³-hybridized carbons (Fsp3) is 0.364. The van der Waals surface area contributed by atoms with Crippen molar-refractivity contribution in [1.82, 2.24) is 15.1 Å². The van der Waals surface area contributed by atoms with Crippen molar-refractivity contribution in [2.24, 2.45) is 5.92 Å². The Balaban J connectivity index is 1.42. The number of alkyl halides is 2. The molecule has 5 nitrogen and oxygen atoms in total. The Hall–Kier alpha value is -2.29. The normalized spacial score (nSPS) is 16.5. The summed E-state index contributed by atoms with van der Waals surface area (Å²) in [6.07, 6.45) is -0.546. The molecule has 1 unspecified atom stereocenters. The zero-order valence-electron chi connectivity index (χ0n) is 16.8. The second-order valence-corrected chi connectivity index (χ2v) is 8.83. The minimum Gasteiger partial charge on any atom is -0.382 e. The van der Waals surface area contributed by atoms with Gasteiger partial charge in [-0.15, -0.1) is 0 Å². The third-order valence-corrected chi connectivity index (χ3v) is 6.44. The van der Waals surface area contributed by atoms with Crippen LogP contribution in [0.1, 0.15) is 30.1 Å². The highest BCUT2D eigenvalue weighted by Crippen LogP contribution is 2.44. The number of likely N-dealkylation sites (tertiary alicyclic amines) is 1. The monoisotopic (exact) mass is 485 g/mol. The quantitative estimate of drug-likeness (QED) is 0.524. The highest BCUT2D eigenvalue weighted by atomic mass is 35.5. The van der Waals surface area contributed by atoms with Crippen LogP contribution in [0.4, 0.5) is 13.2 Å². The van der Waals surface area contributed by atoms with E-state index < -0.39 is 23.8 Å². The van der Waals surface area contributed by atoms with Gasteiger partial charge in [0.2, 0.25) is 5.91 Å². The van der Waals surface area contributed by atoms with E-state index in [0.29, 0.717) is 16.5 Å². The largest absolute Gasteiger partial charge is 0.382 e. The molecular weight excluding hydrogens is 466 g/mol. The fourth-order valence-corrected chi connectivity index (χ4v) is 4.58. The molecule has 2 aromatic carbocycles. The van der Waals surface area contributed by atoms with E-state index in [4.69, 9.17) is 23.2 Å². The predicted molar refractivity (Wildman–Crippen MR) is 115 cm³/mol. The molecule has 1 aliphatic heterocycles. The summed E-state index contributed by atoms with van der Waals surface area (Å²) in [7, 11) is 0. The zero-order chi connectivity index (χ0) is 23.0. The number of amides is 1. The average molecular weight is 486 g/mol. The number of aliphatic hydroxyl groups excluding tert-OH is 1. The van der Waals surface area contributed by atoms with Crippen molar-refractivity contribution in [2.75, 3.05) is 13.1 Å². The number of aliphatic hydroxyl groups is 1. The number of hydrogen-bond acceptors (Lipinski definition) is 3. The molecule has 32 heavy (non-hydrogen) atoms. The van der Waals surface area contributed by atoms with Crippen molar-refractivity contribution in [3.63, 3.8) is 0 Å². The molecule has 0 bridgehead atoms. The predicted octanol–water partition coefficient (Wildman–Crippen LogP) is 5.16. The summed E-state index contributed by atoms with van der Waals surface area (Å²) in [5.41, 5.74) is 0.850. The standard InChI is InChI=1S/C22H20Cl2F3N3O2/c23-15-9-13-11-28-29-20(13)16(10-15)21(32)22(26,27)14-3-5-30(6-4-14)19(31)8-12-1-2-18(25)17(24)7-12/h1-2,7,9-11,14,21,32H,3-6,8H2,(H,28,29). The van der Waals surface area contributed by atoms with Gasteiger partial charge in [-0.25, -0.2) is 13.2 Å². The van der Waals surface area contributed by atoms with Crippen molar-refractivity contribution in [3.8, 4) is 0 Å². The van der Waals surface area contributed by atoms with Crippen molar-refractivity contribution in [2.45, 2.75) is 31.3 Å². The van der Waals surface area contributed by atoms with E-state index in [1.807, 2.05) is 0 Å². The van der Waals surface area contributed by atoms with Crippen LogP contribution in [0.3, 0.4) is 0 Å². The molecule has 4 rings (SSSR count). The van der Waals surface area contributed by atoms with Gasteiger partial charge in [-0.2, -0.15) is 5.10 Å². The van der Waals surface area contributed by atoms with E-state index in [0.717, 1.165) is 0 Å². The van der Waals surface area contributed by atoms with Crippen molar-refractivity contribution < 1.29 is 23.1 Å². The molecule has 1 aromatic heterocycles. The van der Waals surface area contributed by atoms with Crippen LogP contribution in [0.5, 0.6) is 0 Å². The van der Waals surface area contributed by atoms with Crippen LogP contribution in [0.15, 0.2) is 36.5 Å². The first-order valence-electron chi connectivity index (χ1n) is 10.1. The minimum atomic E-state index is -3.43. The Morgan fingerprint density at radius 3 is 2.66 bits per heavy atom. The number of nitrogens with one attached hydrogen (secondary N) is 1. The molecule has 0 radical (unpaired) electrons. The Labute approximate surface area is 192 Å². The van der Waals surface area contributed by atoms with E-state index in [1.54, 1.807) is 6.07 Å². The van der Waals surface area contributed by atoms with Crippen molar-refractivity contribution in [3.05, 3.63) is 63.5 Å². The number of carbonyl (C=O) groups excluding carboxylic acids is 1. The van der Waals surface area contributed by atoms with Crippen LogP contribution in [0, 0.1) is 11.7 Å². The van der Waals surface area contributed by atoms with Crippen LogP contribution >= 0.6 is 23.2 Å². The molecule has 1 amide bonds. The van der Waals surface area contributed by atoms with E-state index in [-0.39, 0.29) is 53.9 Å². The molecule has 1 atom stereocenters. The van der Waals surface area contributed by atoms with Crippen LogP contribution in [0.2, 0.25) is 10.0 Å². The number of benzene rings is 2. The van der Waals surface area contributed by atoms with Gasteiger partial charge in [0.1, 0.15) is 11.9 Å². The maximum atomic E-state index is 15.2. The molecule has 0 aliphatic carbocycles. The highest BCUT2D eigenvalue weighted by molar-refractivity contribution is 6.31. The molecule has 1 saturated heterocycles. The van der Waals surface area contributed by atoms with E-state index in [2.05, 4.69) is 10.2 Å². The first kappa shape index (κ1) is 22.9. The zero-order valence-corrected chi connectivity index (χ0v) is 18.3. The molecule has 2 N–H and O–H groups in total. The van der Waals surface area contributed by atoms with Crippen LogP contribution in [-0.2, 0) is 11.2 Å². The number of piperidine rings is 1. The van der Waals surface area contributed by atoms with E-state index in [9.17, 15) is 14.3 Å². The van der Waals surface area contributed by atoms with Gasteiger partial charge in [-0.05, 0) is 42.7 Å². The molecule has 1 fully saturated rings. The van der Waals surface area contributed by atoms with Gasteiger partial charge in [0.05, 0.1) is 23.2 Å². The first-order chi connectivity index (χ1) is 15.2. The molecule has 1 aliphatic rings. The van der Waals surface area contributed by atoms with Gasteiger partial charge in [-0.3, -0.25) is 9.89 Å². The molecule has 2 heterocycles. The summed E-state index contributed by atoms with van der Waals surface area (Å²) in [6.45, 7) is 0.269. The maximum absolute atomic E-state index is 15.2. The van der Waals surface area contributed by atoms with Gasteiger partial charge in [-0.1, -0.05) is 29.3 Å². The second kappa shape index (κ2) is 8.92. The SMILES string of the molecule is O=C(Cc1ccc(F)c(Cl)c1)N1CCC(C(F)(F)C(O)c2cc(Cl)cc3cn[nH]c23)CC1. The number of halogens is 5. The highest BCUT2D eigenvalue weighted by Gasteiger charge is 2.48. The molecule has 3 aromatic rings. The van der Waals surface area contributed by atoms with Crippen molar-refractivity contribution >= 4 is 40.0 Å². The van der Waals surface area contributed by atoms with Crippen LogP contribution in [-0.4, -0.2) is 45.1 Å². The number of rotatable bonds is 5. The van der Waals surface area contributed by atoms with Gasteiger partial charge >= 0.3 is 0 Å². The Bertz CT molecular complexity index is 1150. The lowest BCUT2D eigenvalue weighted by Crippen LogP contribution is -2.45. The smallest absolute Gasteiger partial charge is 0.280 e. The average Bonchev–Trinajstić information content (AvgIpc) is 3.23. The summed E-state index contributed by atoms with van der Waals surface area (Å²) in [6, 6.07) is 6.93. The third kappa shape index (κ3) is 4.44. The second-order valence-electron chi connectivity index (χ2n) is 7.99. The lowest BCUT2D eigenvalue weighted by atomic mass is 9.84. The summed E-state index contributed by atoms with van der Waals surface area (Å²) in [4.78, 5) is 14.1. The molecule has 10 heteroatoms. The van der Waals surface area contributed by atoms with Crippen LogP contribution in [0.25, 0.3) is 10.9 Å². The first-order valence-corrected chi connectivity index (χ1v) is 10.8. The Morgan fingerprint density at radius 2 is 1.97 bits per heavy atom. The van der Waals surface area contributed by atoms with E-state index in [1.165, 1.54) is 35.4 Å². The fourth-order valence-electron chi connectivity index (χ4n) is 4.14. The molecule has 0 spiro atoms. The summed E-state index contributed by atoms with van der Waals surface area (Å²) < 4.78 is 43.8. The Kier molecular flexibility index (Phi) is 6.38. The van der Waals surface area contributed by atoms with Gasteiger partial charge in [0.25, 0.3) is 5.92 Å². The number of carbonyl (C=O) groups is 1. The number of aromatic amines is 1. The topological polar surface area (TPSA) is 69.2 Å². The molecule has 0 saturated carbocycles. The number of H-pyrrole nitrogens is 1. The van der Waals surface area contributed by atoms with Crippen molar-refractivity contribution in [1.29, 1.82) is 0 Å². The third-order valence-electron chi connectivity index (χ3n) is 5.93. The van der Waals surface area contributed by atoms with E-state index >= 15 is 8.78 Å². The summed E-state index contributed by atoms with van der Waals surface area (Å²) >= 11 is 11.8. The van der Waals surface area contributed by atoms with Crippen LogP contribution < -0.4 is 0 Å². The lowest BCUT2D eigenvalue weighted by Gasteiger charge is -2.38. The number of hydrogen-bond donors (Lipinski definition) is 2. The number of fused-ring (bicyclic) bond motifs is 1. The maximum Gasteiger partial charge on any atom is 0.280 e. The van der Waals surface area contributed by atoms with Gasteiger partial charge in [0, 0.05) is 35.0 Å². The summed E-state index contributed by atoms with van der Waals surface area (Å²) in [5, 5.41) is 17.7. The number of nitrogens with zero attached hydrogens (tertiary/aromatic N) is 2. The summed E-state index contributed by atoms with van der Waals surface area (Å²) in [5.74, 6) is -5.36. The lowest BCUT2D eigenvalue weighted by molar-refractivity contribution is -0.164.